The van der Waals surface area contributed by atoms with Crippen molar-refractivity contribution in [2.24, 2.45) is 10.7 Å². The predicted octanol–water partition coefficient (Wildman–Crippen LogP) is 2.84. The first-order valence-corrected chi connectivity index (χ1v) is 21.9. The summed E-state index contributed by atoms with van der Waals surface area (Å²) in [5.74, 6) is -0.700. The molecule has 0 heterocycles. The fourth-order valence-electron chi connectivity index (χ4n) is 6.66. The van der Waals surface area contributed by atoms with Crippen LogP contribution in [-0.2, 0) is 47.0 Å². The molecule has 3 rings (SSSR count). The molecule has 0 bridgehead atoms. The highest BCUT2D eigenvalue weighted by molar-refractivity contribution is 7.90. The number of hydrogen-bond acceptors (Lipinski definition) is 14. The third-order valence-electron chi connectivity index (χ3n) is 9.78. The minimum atomic E-state index is -4.11. The lowest BCUT2D eigenvalue weighted by Crippen LogP contribution is -2.51. The van der Waals surface area contributed by atoms with E-state index < -0.39 is 64.4 Å². The van der Waals surface area contributed by atoms with Crippen LogP contribution in [0.1, 0.15) is 67.9 Å². The van der Waals surface area contributed by atoms with E-state index in [0.29, 0.717) is 56.6 Å². The van der Waals surface area contributed by atoms with Crippen LogP contribution in [0.25, 0.3) is 0 Å². The summed E-state index contributed by atoms with van der Waals surface area (Å²) in [5.41, 5.74) is 8.04. The first-order valence-electron chi connectivity index (χ1n) is 20.4. The van der Waals surface area contributed by atoms with Crippen LogP contribution in [-0.4, -0.2) is 104 Å². The number of nitrogens with one attached hydrogen (secondary N) is 5. The summed E-state index contributed by atoms with van der Waals surface area (Å²) in [6.07, 6.45) is -0.0454. The highest BCUT2D eigenvalue weighted by Gasteiger charge is 2.30. The van der Waals surface area contributed by atoms with Gasteiger partial charge in [0.25, 0.3) is 10.0 Å². The molecule has 0 saturated carbocycles. The maximum absolute atomic E-state index is 13.7. The van der Waals surface area contributed by atoms with Gasteiger partial charge in [0.2, 0.25) is 23.7 Å². The van der Waals surface area contributed by atoms with Crippen LogP contribution >= 0.6 is 0 Å². The monoisotopic (exact) mass is 913 g/mol. The van der Waals surface area contributed by atoms with E-state index in [1.54, 1.807) is 84.0 Å². The number of methoxy groups -OCH3 is 5. The number of nitrogens with two attached hydrogens (primary N) is 1. The third-order valence-corrected chi connectivity index (χ3v) is 11.4. The number of amides is 3. The number of para-hydroxylation sites is 2. The Hall–Kier alpha value is -6.28. The smallest absolute Gasteiger partial charge is 0.329 e. The molecule has 19 nitrogen and oxygen atoms in total. The van der Waals surface area contributed by atoms with E-state index in [9.17, 15) is 27.6 Å². The predicted molar refractivity (Wildman–Crippen MR) is 240 cm³/mol. The minimum Gasteiger partial charge on any atom is -0.496 e. The molecule has 0 unspecified atom stereocenters. The molecule has 0 saturated heterocycles. The fraction of sp³-hybridized carbons (Fsp3) is 0.477. The zero-order valence-corrected chi connectivity index (χ0v) is 39.3. The number of nitrogens with zero attached hydrogens (tertiary/aromatic N) is 1. The molecule has 3 amide bonds. The van der Waals surface area contributed by atoms with Gasteiger partial charge in [-0.2, -0.15) is 0 Å². The van der Waals surface area contributed by atoms with E-state index in [2.05, 4.69) is 31.0 Å². The average Bonchev–Trinajstić information content (AvgIpc) is 3.24. The summed E-state index contributed by atoms with van der Waals surface area (Å²) in [7, 11) is 3.35. The zero-order valence-electron chi connectivity index (χ0n) is 38.5. The zero-order chi connectivity index (χ0) is 47.8. The molecule has 352 valence electrons. The highest BCUT2D eigenvalue weighted by Crippen LogP contribution is 2.32. The number of carbonyl (C=O) groups is 4. The quantitative estimate of drug-likeness (QED) is 0.0346. The van der Waals surface area contributed by atoms with E-state index >= 15 is 0 Å². The number of sulfonamides is 1. The molecule has 0 aliphatic rings. The number of benzene rings is 3. The Morgan fingerprint density at radius 3 is 1.88 bits per heavy atom. The van der Waals surface area contributed by atoms with Gasteiger partial charge in [-0.15, -0.1) is 0 Å². The second-order valence-electron chi connectivity index (χ2n) is 15.6. The highest BCUT2D eigenvalue weighted by atomic mass is 32.2. The fourth-order valence-corrected chi connectivity index (χ4v) is 8.14. The van der Waals surface area contributed by atoms with Crippen molar-refractivity contribution in [2.75, 3.05) is 48.6 Å². The largest absolute Gasteiger partial charge is 0.496 e. The van der Waals surface area contributed by atoms with Gasteiger partial charge in [0.15, 0.2) is 23.0 Å². The molecular weight excluding hydrogens is 851 g/mol. The number of carbonyl (C=O) groups excluding carboxylic acids is 4. The summed E-state index contributed by atoms with van der Waals surface area (Å²) < 4.78 is 61.7. The summed E-state index contributed by atoms with van der Waals surface area (Å²) in [6.45, 7) is 9.70. The number of guanidine groups is 1. The Morgan fingerprint density at radius 2 is 1.33 bits per heavy atom. The molecule has 0 fully saturated rings. The molecule has 2 atom stereocenters. The van der Waals surface area contributed by atoms with Crippen LogP contribution in [0.3, 0.4) is 0 Å². The molecule has 0 spiro atoms. The Balaban J connectivity index is 1.74. The lowest BCUT2D eigenvalue weighted by Gasteiger charge is -2.25. The second-order valence-corrected chi connectivity index (χ2v) is 17.2. The molecule has 3 aromatic rings. The molecular formula is C44H63N7O12S. The van der Waals surface area contributed by atoms with Crippen molar-refractivity contribution in [3.05, 3.63) is 70.3 Å². The first kappa shape index (κ1) is 52.1. The number of hydrogen-bond donors (Lipinski definition) is 6. The van der Waals surface area contributed by atoms with Crippen LogP contribution in [0.2, 0.25) is 0 Å². The van der Waals surface area contributed by atoms with Gasteiger partial charge in [0, 0.05) is 30.8 Å². The van der Waals surface area contributed by atoms with Gasteiger partial charge in [-0.3, -0.25) is 19.4 Å². The number of rotatable bonds is 23. The first-order chi connectivity index (χ1) is 30.2. The van der Waals surface area contributed by atoms with Gasteiger partial charge < -0.3 is 55.4 Å². The van der Waals surface area contributed by atoms with Gasteiger partial charge in [0.1, 0.15) is 17.4 Å². The lowest BCUT2D eigenvalue weighted by molar-refractivity contribution is -0.159. The molecule has 0 aliphatic heterocycles. The maximum Gasteiger partial charge on any atom is 0.329 e. The van der Waals surface area contributed by atoms with Crippen molar-refractivity contribution in [1.29, 1.82) is 0 Å². The second kappa shape index (κ2) is 24.0. The lowest BCUT2D eigenvalue weighted by atomic mass is 10.1. The van der Waals surface area contributed by atoms with Crippen LogP contribution in [0.4, 0.5) is 0 Å². The SMILES string of the molecule is COc1cc(C)c(S(=O)(=O)NC(N)=NCCC[C@H](NCc2cccc(OC)c2OC)C(=O)NCC(=O)N[C@@H](CC(=O)NCc2cccc(OC)c2OC)C(=O)OC(C)(C)C)c(C)c1C. The summed E-state index contributed by atoms with van der Waals surface area (Å²) >= 11 is 0. The Kier molecular flexibility index (Phi) is 19.5. The molecule has 0 aliphatic carbocycles. The van der Waals surface area contributed by atoms with E-state index in [4.69, 9.17) is 34.2 Å². The molecule has 64 heavy (non-hydrogen) atoms. The van der Waals surface area contributed by atoms with E-state index in [1.165, 1.54) is 35.5 Å². The third kappa shape index (κ3) is 14.9. The van der Waals surface area contributed by atoms with Crippen molar-refractivity contribution < 1.29 is 56.0 Å². The summed E-state index contributed by atoms with van der Waals surface area (Å²) in [5, 5.41) is 11.0. The van der Waals surface area contributed by atoms with Crippen molar-refractivity contribution in [1.82, 2.24) is 26.0 Å². The van der Waals surface area contributed by atoms with Crippen molar-refractivity contribution in [3.8, 4) is 28.7 Å². The molecule has 20 heteroatoms. The number of esters is 1. The Bertz CT molecular complexity index is 2260. The van der Waals surface area contributed by atoms with Crippen LogP contribution < -0.4 is 55.4 Å². The van der Waals surface area contributed by atoms with Gasteiger partial charge in [0.05, 0.1) is 59.5 Å². The van der Waals surface area contributed by atoms with E-state index in [-0.39, 0.29) is 43.3 Å². The molecule has 0 radical (unpaired) electrons. The number of aryl methyl sites for hydroxylation is 1. The average molecular weight is 914 g/mol. The summed E-state index contributed by atoms with van der Waals surface area (Å²) in [6, 6.07) is 9.81. The maximum atomic E-state index is 13.7. The van der Waals surface area contributed by atoms with Gasteiger partial charge in [-0.05, 0) is 89.3 Å². The minimum absolute atomic E-state index is 0.0343. The normalized spacial score (nSPS) is 12.6. The standard InChI is InChI=1S/C44H63N7O12S/c1-26-21-35(60-9)27(2)28(3)40(26)64(56,57)51-43(45)46-20-14-17-31(47-23-29-15-12-18-33(58-7)38(29)61-10)41(54)49-25-37(53)50-32(42(55)63-44(4,5)6)22-36(52)48-24-30-16-13-19-34(59-8)39(30)62-11/h12-13,15-16,18-19,21,31-32,47H,14,17,20,22-25H2,1-11H3,(H,48,52)(H,49,54)(H,50,53)(H3,45,46,51)/t31-,32-/m0/s1. The van der Waals surface area contributed by atoms with Crippen LogP contribution in [0.5, 0.6) is 28.7 Å². The van der Waals surface area contributed by atoms with Crippen molar-refractivity contribution >= 4 is 39.7 Å². The van der Waals surface area contributed by atoms with Gasteiger partial charge in [-0.1, -0.05) is 24.3 Å². The topological polar surface area (TPSA) is 256 Å². The summed E-state index contributed by atoms with van der Waals surface area (Å²) in [4.78, 5) is 57.6. The van der Waals surface area contributed by atoms with Crippen LogP contribution in [0.15, 0.2) is 52.4 Å². The number of aliphatic imine (C=N–C) groups is 1. The number of ether oxygens (including phenoxy) is 6. The van der Waals surface area contributed by atoms with Gasteiger partial charge in [-0.25, -0.2) is 17.9 Å². The molecule has 3 aromatic carbocycles. The molecule has 0 aromatic heterocycles. The Labute approximate surface area is 375 Å². The molecule has 7 N–H and O–H groups in total. The van der Waals surface area contributed by atoms with Crippen molar-refractivity contribution in [2.45, 2.75) is 96.5 Å². The van der Waals surface area contributed by atoms with E-state index in [0.717, 1.165) is 0 Å². The van der Waals surface area contributed by atoms with Crippen molar-refractivity contribution in [3.63, 3.8) is 0 Å². The van der Waals surface area contributed by atoms with Gasteiger partial charge >= 0.3 is 5.97 Å². The Morgan fingerprint density at radius 1 is 0.750 bits per heavy atom. The van der Waals surface area contributed by atoms with E-state index in [1.807, 2.05) is 0 Å². The van der Waals surface area contributed by atoms with Crippen LogP contribution in [0, 0.1) is 20.8 Å².